The molecule has 0 aromatic heterocycles. The summed E-state index contributed by atoms with van der Waals surface area (Å²) in [6.07, 6.45) is 3.64. The summed E-state index contributed by atoms with van der Waals surface area (Å²) in [7, 11) is 3.89. The summed E-state index contributed by atoms with van der Waals surface area (Å²) in [6.45, 7) is 1.24. The van der Waals surface area contributed by atoms with Crippen LogP contribution in [0.25, 0.3) is 6.08 Å². The largest absolute Gasteiger partial charge is 0.377 e. The van der Waals surface area contributed by atoms with E-state index in [2.05, 4.69) is 15.9 Å². The van der Waals surface area contributed by atoms with Gasteiger partial charge in [-0.15, -0.1) is 0 Å². The van der Waals surface area contributed by atoms with Gasteiger partial charge in [0, 0.05) is 31.7 Å². The van der Waals surface area contributed by atoms with Gasteiger partial charge in [-0.1, -0.05) is 6.07 Å². The summed E-state index contributed by atoms with van der Waals surface area (Å²) in [5, 5.41) is -0.391. The third kappa shape index (κ3) is 3.96. The number of imide groups is 1. The zero-order valence-electron chi connectivity index (χ0n) is 14.7. The third-order valence-electron chi connectivity index (χ3n) is 4.38. The highest BCUT2D eigenvalue weighted by atomic mass is 79.9. The summed E-state index contributed by atoms with van der Waals surface area (Å²) in [5.74, 6) is -0.565. The lowest BCUT2D eigenvalue weighted by Gasteiger charge is -2.18. The van der Waals surface area contributed by atoms with Crippen LogP contribution in [0.4, 0.5) is 10.5 Å². The van der Waals surface area contributed by atoms with Crippen molar-refractivity contribution >= 4 is 56.5 Å². The van der Waals surface area contributed by atoms with Gasteiger partial charge in [-0.25, -0.2) is 0 Å². The van der Waals surface area contributed by atoms with Crippen LogP contribution in [0.1, 0.15) is 18.4 Å². The Morgan fingerprint density at radius 1 is 1.27 bits per heavy atom. The van der Waals surface area contributed by atoms with E-state index in [0.29, 0.717) is 18.0 Å². The number of anilines is 1. The molecule has 2 saturated heterocycles. The number of rotatable bonds is 4. The molecule has 8 heteroatoms. The fourth-order valence-corrected chi connectivity index (χ4v) is 4.55. The Balaban J connectivity index is 1.74. The maximum atomic E-state index is 12.6. The zero-order chi connectivity index (χ0) is 18.8. The molecule has 1 aromatic carbocycles. The second-order valence-corrected chi connectivity index (χ2v) is 8.31. The molecule has 2 aliphatic rings. The quantitative estimate of drug-likeness (QED) is 0.676. The number of hydrogen-bond acceptors (Lipinski definition) is 5. The predicted octanol–water partition coefficient (Wildman–Crippen LogP) is 3.17. The van der Waals surface area contributed by atoms with Crippen molar-refractivity contribution in [2.45, 2.75) is 12.8 Å². The standard InChI is InChI=1S/C18H20BrN3O3S/c1-20(2)14-6-5-12(9-13(14)19)10-15-17(24)22(18(25)26-15)11-16(23)21-7-3-4-8-21/h5-6,9-10H,3-4,7-8,11H2,1-2H3/b15-10-. The first-order chi connectivity index (χ1) is 12.4. The number of benzene rings is 1. The van der Waals surface area contributed by atoms with Gasteiger partial charge in [0.15, 0.2) is 0 Å². The van der Waals surface area contributed by atoms with Crippen LogP contribution in [0, 0.1) is 0 Å². The van der Waals surface area contributed by atoms with E-state index in [-0.39, 0.29) is 12.5 Å². The van der Waals surface area contributed by atoms with Crippen molar-refractivity contribution < 1.29 is 14.4 Å². The molecular formula is C18H20BrN3O3S. The van der Waals surface area contributed by atoms with Gasteiger partial charge in [0.1, 0.15) is 6.54 Å². The van der Waals surface area contributed by atoms with Crippen molar-refractivity contribution in [3.8, 4) is 0 Å². The molecule has 0 radical (unpaired) electrons. The Kier molecular flexibility index (Phi) is 5.72. The van der Waals surface area contributed by atoms with Gasteiger partial charge in [-0.3, -0.25) is 19.3 Å². The molecule has 2 fully saturated rings. The molecule has 2 aliphatic heterocycles. The first-order valence-electron chi connectivity index (χ1n) is 8.37. The van der Waals surface area contributed by atoms with Gasteiger partial charge < -0.3 is 9.80 Å². The molecule has 0 atom stereocenters. The van der Waals surface area contributed by atoms with E-state index >= 15 is 0 Å². The lowest BCUT2D eigenvalue weighted by molar-refractivity contribution is -0.135. The second kappa shape index (κ2) is 7.84. The van der Waals surface area contributed by atoms with Crippen LogP contribution in [-0.2, 0) is 9.59 Å². The van der Waals surface area contributed by atoms with Gasteiger partial charge in [0.2, 0.25) is 5.91 Å². The number of amides is 3. The van der Waals surface area contributed by atoms with E-state index in [1.807, 2.05) is 37.2 Å². The van der Waals surface area contributed by atoms with Crippen LogP contribution in [0.5, 0.6) is 0 Å². The first kappa shape index (κ1) is 19.0. The molecule has 1 aromatic rings. The average molecular weight is 438 g/mol. The van der Waals surface area contributed by atoms with E-state index in [1.54, 1.807) is 11.0 Å². The van der Waals surface area contributed by atoms with Crippen LogP contribution in [0.15, 0.2) is 27.6 Å². The average Bonchev–Trinajstić information content (AvgIpc) is 3.19. The van der Waals surface area contributed by atoms with Crippen LogP contribution in [-0.4, -0.2) is 60.6 Å². The molecule has 6 nitrogen and oxygen atoms in total. The van der Waals surface area contributed by atoms with Crippen LogP contribution < -0.4 is 4.90 Å². The smallest absolute Gasteiger partial charge is 0.294 e. The molecule has 0 saturated carbocycles. The molecule has 138 valence electrons. The van der Waals surface area contributed by atoms with Crippen molar-refractivity contribution in [3.63, 3.8) is 0 Å². The lowest BCUT2D eigenvalue weighted by atomic mass is 10.2. The highest BCUT2D eigenvalue weighted by molar-refractivity contribution is 9.10. The number of thioether (sulfide) groups is 1. The maximum absolute atomic E-state index is 12.6. The molecule has 3 amide bonds. The van der Waals surface area contributed by atoms with E-state index in [1.165, 1.54) is 0 Å². The highest BCUT2D eigenvalue weighted by Gasteiger charge is 2.37. The molecule has 2 heterocycles. The van der Waals surface area contributed by atoms with Crippen molar-refractivity contribution in [2.75, 3.05) is 38.6 Å². The van der Waals surface area contributed by atoms with Crippen molar-refractivity contribution in [1.82, 2.24) is 9.80 Å². The topological polar surface area (TPSA) is 60.9 Å². The summed E-state index contributed by atoms with van der Waals surface area (Å²) < 4.78 is 0.902. The Morgan fingerprint density at radius 3 is 2.58 bits per heavy atom. The number of carbonyl (C=O) groups excluding carboxylic acids is 3. The number of hydrogen-bond donors (Lipinski definition) is 0. The molecule has 0 aliphatic carbocycles. The predicted molar refractivity (Wildman–Crippen MR) is 107 cm³/mol. The Bertz CT molecular complexity index is 788. The number of likely N-dealkylation sites (tertiary alicyclic amines) is 1. The first-order valence-corrected chi connectivity index (χ1v) is 9.98. The van der Waals surface area contributed by atoms with Gasteiger partial charge in [0.05, 0.1) is 10.6 Å². The maximum Gasteiger partial charge on any atom is 0.294 e. The molecule has 0 bridgehead atoms. The van der Waals surface area contributed by atoms with Crippen molar-refractivity contribution in [3.05, 3.63) is 33.1 Å². The molecule has 0 spiro atoms. The minimum atomic E-state index is -0.402. The van der Waals surface area contributed by atoms with Gasteiger partial charge in [-0.05, 0) is 64.3 Å². The summed E-state index contributed by atoms with van der Waals surface area (Å²) in [5.41, 5.74) is 1.84. The van der Waals surface area contributed by atoms with Crippen LogP contribution in [0.3, 0.4) is 0 Å². The van der Waals surface area contributed by atoms with E-state index in [9.17, 15) is 14.4 Å². The Morgan fingerprint density at radius 2 is 1.96 bits per heavy atom. The number of halogens is 1. The lowest BCUT2D eigenvalue weighted by Crippen LogP contribution is -2.40. The fraction of sp³-hybridized carbons (Fsp3) is 0.389. The summed E-state index contributed by atoms with van der Waals surface area (Å²) in [6, 6.07) is 5.74. The summed E-state index contributed by atoms with van der Waals surface area (Å²) >= 11 is 4.40. The Labute approximate surface area is 165 Å². The summed E-state index contributed by atoms with van der Waals surface area (Å²) in [4.78, 5) is 42.1. The molecule has 3 rings (SSSR count). The second-order valence-electron chi connectivity index (χ2n) is 6.46. The van der Waals surface area contributed by atoms with Crippen LogP contribution in [0.2, 0.25) is 0 Å². The third-order valence-corrected chi connectivity index (χ3v) is 5.92. The minimum absolute atomic E-state index is 0.163. The monoisotopic (exact) mass is 437 g/mol. The van der Waals surface area contributed by atoms with E-state index in [4.69, 9.17) is 0 Å². The zero-order valence-corrected chi connectivity index (χ0v) is 17.1. The SMILES string of the molecule is CN(C)c1ccc(/C=C2\SC(=O)N(CC(=O)N3CCCC3)C2=O)cc1Br. The molecule has 0 N–H and O–H groups in total. The molecule has 0 unspecified atom stereocenters. The van der Waals surface area contributed by atoms with Crippen LogP contribution >= 0.6 is 27.7 Å². The number of nitrogens with zero attached hydrogens (tertiary/aromatic N) is 3. The highest BCUT2D eigenvalue weighted by Crippen LogP contribution is 2.33. The van der Waals surface area contributed by atoms with Gasteiger partial charge in [0.25, 0.3) is 11.1 Å². The van der Waals surface area contributed by atoms with E-state index < -0.39 is 11.1 Å². The van der Waals surface area contributed by atoms with Gasteiger partial charge >= 0.3 is 0 Å². The van der Waals surface area contributed by atoms with Gasteiger partial charge in [-0.2, -0.15) is 0 Å². The van der Waals surface area contributed by atoms with Crippen molar-refractivity contribution in [1.29, 1.82) is 0 Å². The fourth-order valence-electron chi connectivity index (χ4n) is 2.97. The van der Waals surface area contributed by atoms with Crippen molar-refractivity contribution in [2.24, 2.45) is 0 Å². The normalized spacial score (nSPS) is 19.0. The Hall–Kier alpha value is -1.80. The van der Waals surface area contributed by atoms with E-state index in [0.717, 1.165) is 45.2 Å². The minimum Gasteiger partial charge on any atom is -0.377 e. The molecular weight excluding hydrogens is 418 g/mol. The molecule has 26 heavy (non-hydrogen) atoms. The number of carbonyl (C=O) groups is 3.